The molecule has 0 aliphatic heterocycles. The minimum atomic E-state index is -0.516. The average Bonchev–Trinajstić information content (AvgIpc) is 2.55. The minimum absolute atomic E-state index is 0.0390. The Labute approximate surface area is 142 Å². The maximum Gasteiger partial charge on any atom is 0.233 e. The standard InChI is InChI=1S/C19H23FN2O2/c1-4-7-15(17-8-5-6-11-21-17)19(23)22-18-10-9-14(12-16(18)20)24-13(2)3/h5-6,8-13,15H,4,7H2,1-3H3,(H,22,23). The van der Waals surface area contributed by atoms with Crippen molar-refractivity contribution in [2.75, 3.05) is 5.32 Å². The van der Waals surface area contributed by atoms with E-state index < -0.39 is 11.7 Å². The Balaban J connectivity index is 2.15. The number of nitrogens with one attached hydrogen (secondary N) is 1. The van der Waals surface area contributed by atoms with Crippen molar-refractivity contribution in [3.63, 3.8) is 0 Å². The first-order chi connectivity index (χ1) is 11.5. The Morgan fingerprint density at radius 1 is 1.29 bits per heavy atom. The summed E-state index contributed by atoms with van der Waals surface area (Å²) in [5, 5.41) is 2.66. The molecule has 0 fully saturated rings. The molecule has 2 rings (SSSR count). The molecule has 0 aliphatic rings. The molecule has 1 aromatic heterocycles. The summed E-state index contributed by atoms with van der Waals surface area (Å²) >= 11 is 0. The zero-order valence-corrected chi connectivity index (χ0v) is 14.3. The SMILES string of the molecule is CCCC(C(=O)Nc1ccc(OC(C)C)cc1F)c1ccccn1. The third kappa shape index (κ3) is 4.78. The first-order valence-corrected chi connectivity index (χ1v) is 8.19. The third-order valence-corrected chi connectivity index (χ3v) is 3.51. The molecule has 0 bridgehead atoms. The lowest BCUT2D eigenvalue weighted by molar-refractivity contribution is -0.117. The molecule has 128 valence electrons. The van der Waals surface area contributed by atoms with Crippen molar-refractivity contribution in [3.8, 4) is 5.75 Å². The highest BCUT2D eigenvalue weighted by Crippen LogP contribution is 2.25. The van der Waals surface area contributed by atoms with E-state index in [0.29, 0.717) is 17.9 Å². The number of amides is 1. The number of halogens is 1. The van der Waals surface area contributed by atoms with Gasteiger partial charge in [0.05, 0.1) is 23.4 Å². The monoisotopic (exact) mass is 330 g/mol. The van der Waals surface area contributed by atoms with Crippen LogP contribution in [0.15, 0.2) is 42.6 Å². The summed E-state index contributed by atoms with van der Waals surface area (Å²) < 4.78 is 19.6. The van der Waals surface area contributed by atoms with E-state index in [1.54, 1.807) is 18.3 Å². The fourth-order valence-electron chi connectivity index (χ4n) is 2.45. The number of carbonyl (C=O) groups is 1. The second kappa shape index (κ2) is 8.43. The number of benzene rings is 1. The highest BCUT2D eigenvalue weighted by atomic mass is 19.1. The van der Waals surface area contributed by atoms with E-state index in [0.717, 1.165) is 6.42 Å². The maximum absolute atomic E-state index is 14.2. The number of rotatable bonds is 7. The number of hydrogen-bond donors (Lipinski definition) is 1. The van der Waals surface area contributed by atoms with Crippen molar-refractivity contribution in [1.29, 1.82) is 0 Å². The number of aromatic nitrogens is 1. The third-order valence-electron chi connectivity index (χ3n) is 3.51. The summed E-state index contributed by atoms with van der Waals surface area (Å²) in [7, 11) is 0. The van der Waals surface area contributed by atoms with Crippen molar-refractivity contribution in [3.05, 3.63) is 54.1 Å². The van der Waals surface area contributed by atoms with Gasteiger partial charge in [-0.2, -0.15) is 0 Å². The van der Waals surface area contributed by atoms with Crippen LogP contribution in [0.4, 0.5) is 10.1 Å². The van der Waals surface area contributed by atoms with Gasteiger partial charge in [-0.25, -0.2) is 4.39 Å². The molecule has 2 aromatic rings. The smallest absolute Gasteiger partial charge is 0.233 e. The largest absolute Gasteiger partial charge is 0.491 e. The maximum atomic E-state index is 14.2. The number of hydrogen-bond acceptors (Lipinski definition) is 3. The van der Waals surface area contributed by atoms with E-state index in [1.807, 2.05) is 32.9 Å². The molecule has 1 amide bonds. The van der Waals surface area contributed by atoms with E-state index in [9.17, 15) is 9.18 Å². The Morgan fingerprint density at radius 3 is 2.67 bits per heavy atom. The number of nitrogens with zero attached hydrogens (tertiary/aromatic N) is 1. The predicted octanol–water partition coefficient (Wildman–Crippen LogP) is 4.53. The van der Waals surface area contributed by atoms with Gasteiger partial charge in [0.25, 0.3) is 0 Å². The lowest BCUT2D eigenvalue weighted by atomic mass is 9.98. The second-order valence-corrected chi connectivity index (χ2v) is 5.89. The Morgan fingerprint density at radius 2 is 2.08 bits per heavy atom. The molecule has 1 aromatic carbocycles. The Hall–Kier alpha value is -2.43. The van der Waals surface area contributed by atoms with Crippen molar-refractivity contribution < 1.29 is 13.9 Å². The first kappa shape index (κ1) is 17.9. The normalized spacial score (nSPS) is 12.0. The zero-order valence-electron chi connectivity index (χ0n) is 14.3. The van der Waals surface area contributed by atoms with Crippen molar-refractivity contribution >= 4 is 11.6 Å². The Bertz CT molecular complexity index is 674. The molecule has 0 spiro atoms. The van der Waals surface area contributed by atoms with Crippen LogP contribution < -0.4 is 10.1 Å². The molecule has 4 nitrogen and oxygen atoms in total. The topological polar surface area (TPSA) is 51.2 Å². The van der Waals surface area contributed by atoms with Crippen LogP contribution in [-0.2, 0) is 4.79 Å². The van der Waals surface area contributed by atoms with Gasteiger partial charge in [-0.3, -0.25) is 9.78 Å². The number of anilines is 1. The van der Waals surface area contributed by atoms with Crippen molar-refractivity contribution in [2.45, 2.75) is 45.6 Å². The van der Waals surface area contributed by atoms with Gasteiger partial charge >= 0.3 is 0 Å². The highest BCUT2D eigenvalue weighted by molar-refractivity contribution is 5.95. The number of carbonyl (C=O) groups excluding carboxylic acids is 1. The van der Waals surface area contributed by atoms with E-state index >= 15 is 0 Å². The fraction of sp³-hybridized carbons (Fsp3) is 0.368. The number of ether oxygens (including phenoxy) is 1. The molecule has 0 saturated heterocycles. The summed E-state index contributed by atoms with van der Waals surface area (Å²) in [6, 6.07) is 9.91. The second-order valence-electron chi connectivity index (χ2n) is 5.89. The van der Waals surface area contributed by atoms with Crippen LogP contribution in [0.1, 0.15) is 45.2 Å². The molecule has 1 heterocycles. The highest BCUT2D eigenvalue weighted by Gasteiger charge is 2.22. The summed E-state index contributed by atoms with van der Waals surface area (Å²) in [4.78, 5) is 16.8. The van der Waals surface area contributed by atoms with Gasteiger partial charge in [0, 0.05) is 12.3 Å². The van der Waals surface area contributed by atoms with Crippen LogP contribution in [0.25, 0.3) is 0 Å². The molecule has 0 aliphatic carbocycles. The van der Waals surface area contributed by atoms with Crippen LogP contribution in [0.5, 0.6) is 5.75 Å². The van der Waals surface area contributed by atoms with Gasteiger partial charge < -0.3 is 10.1 Å². The summed E-state index contributed by atoms with van der Waals surface area (Å²) in [5.74, 6) is -0.734. The average molecular weight is 330 g/mol. The quantitative estimate of drug-likeness (QED) is 0.811. The van der Waals surface area contributed by atoms with Crippen molar-refractivity contribution in [1.82, 2.24) is 4.98 Å². The van der Waals surface area contributed by atoms with Crippen LogP contribution in [-0.4, -0.2) is 17.0 Å². The van der Waals surface area contributed by atoms with Crippen molar-refractivity contribution in [2.24, 2.45) is 0 Å². The van der Waals surface area contributed by atoms with E-state index in [2.05, 4.69) is 10.3 Å². The van der Waals surface area contributed by atoms with Crippen LogP contribution >= 0.6 is 0 Å². The number of pyridine rings is 1. The van der Waals surface area contributed by atoms with Gasteiger partial charge in [-0.15, -0.1) is 0 Å². The summed E-state index contributed by atoms with van der Waals surface area (Å²) in [6.07, 6.45) is 3.10. The van der Waals surface area contributed by atoms with Gasteiger partial charge in [0.15, 0.2) is 0 Å². The molecular formula is C19H23FN2O2. The molecule has 24 heavy (non-hydrogen) atoms. The Kier molecular flexibility index (Phi) is 6.29. The lowest BCUT2D eigenvalue weighted by Crippen LogP contribution is -2.22. The molecular weight excluding hydrogens is 307 g/mol. The fourth-order valence-corrected chi connectivity index (χ4v) is 2.45. The van der Waals surface area contributed by atoms with E-state index in [1.165, 1.54) is 12.1 Å². The summed E-state index contributed by atoms with van der Waals surface area (Å²) in [5.41, 5.74) is 0.838. The van der Waals surface area contributed by atoms with Crippen LogP contribution in [0.2, 0.25) is 0 Å². The molecule has 1 atom stereocenters. The van der Waals surface area contributed by atoms with Gasteiger partial charge in [0.2, 0.25) is 5.91 Å². The molecule has 5 heteroatoms. The van der Waals surface area contributed by atoms with Gasteiger partial charge in [0.1, 0.15) is 11.6 Å². The van der Waals surface area contributed by atoms with Gasteiger partial charge in [-0.1, -0.05) is 19.4 Å². The zero-order chi connectivity index (χ0) is 17.5. The van der Waals surface area contributed by atoms with Crippen LogP contribution in [0.3, 0.4) is 0 Å². The predicted molar refractivity (Wildman–Crippen MR) is 92.7 cm³/mol. The molecule has 0 radical (unpaired) electrons. The first-order valence-electron chi connectivity index (χ1n) is 8.19. The molecule has 1 unspecified atom stereocenters. The summed E-state index contributed by atoms with van der Waals surface area (Å²) in [6.45, 7) is 5.74. The van der Waals surface area contributed by atoms with E-state index in [-0.39, 0.29) is 17.7 Å². The lowest BCUT2D eigenvalue weighted by Gasteiger charge is -2.16. The minimum Gasteiger partial charge on any atom is -0.491 e. The molecule has 0 saturated carbocycles. The van der Waals surface area contributed by atoms with E-state index in [4.69, 9.17) is 4.74 Å². The van der Waals surface area contributed by atoms with Crippen LogP contribution in [0, 0.1) is 5.82 Å². The van der Waals surface area contributed by atoms with Gasteiger partial charge in [-0.05, 0) is 44.5 Å². The molecule has 1 N–H and O–H groups in total.